The maximum Gasteiger partial charge on any atom is 0.324 e. The highest BCUT2D eigenvalue weighted by atomic mass is 35.5. The summed E-state index contributed by atoms with van der Waals surface area (Å²) >= 11 is 6.15. The van der Waals surface area contributed by atoms with E-state index in [2.05, 4.69) is 56.9 Å². The van der Waals surface area contributed by atoms with Gasteiger partial charge in [-0.25, -0.2) is 4.79 Å². The molecule has 4 rings (SSSR count). The number of hydrogen-bond acceptors (Lipinski definition) is 3. The number of anilines is 1. The van der Waals surface area contributed by atoms with E-state index in [-0.39, 0.29) is 12.1 Å². The van der Waals surface area contributed by atoms with Gasteiger partial charge >= 0.3 is 6.03 Å². The maximum absolute atomic E-state index is 13.2. The molecule has 33 heavy (non-hydrogen) atoms. The van der Waals surface area contributed by atoms with Crippen molar-refractivity contribution in [3.63, 3.8) is 0 Å². The molecule has 0 N–H and O–H groups in total. The summed E-state index contributed by atoms with van der Waals surface area (Å²) in [4.78, 5) is 22.3. The highest BCUT2D eigenvalue weighted by molar-refractivity contribution is 6.30. The van der Waals surface area contributed by atoms with E-state index in [9.17, 15) is 4.79 Å². The first-order valence-corrected chi connectivity index (χ1v) is 13.2. The standard InChI is InChI=1S/C27H39ClN4O/c1-2-3-4-7-16-31-25-13-5-6-14-26(25)32(27(31)33)17-9-8-15-29-18-20-30(21-19-29)24-12-10-11-23(28)22-24/h5-6,10-12,14,22,25H,2-4,7-9,13,15-21H2,1H3. The number of rotatable bonds is 11. The first-order valence-electron chi connectivity index (χ1n) is 12.8. The zero-order valence-corrected chi connectivity index (χ0v) is 20.8. The molecule has 0 aromatic heterocycles. The Kier molecular flexibility index (Phi) is 8.74. The fourth-order valence-corrected chi connectivity index (χ4v) is 5.44. The van der Waals surface area contributed by atoms with Crippen molar-refractivity contribution in [2.75, 3.05) is 50.7 Å². The molecule has 2 heterocycles. The van der Waals surface area contributed by atoms with Crippen LogP contribution in [0.3, 0.4) is 0 Å². The van der Waals surface area contributed by atoms with E-state index in [0.29, 0.717) is 0 Å². The van der Waals surface area contributed by atoms with Gasteiger partial charge in [0.05, 0.1) is 6.04 Å². The number of nitrogens with zero attached hydrogens (tertiary/aromatic N) is 4. The van der Waals surface area contributed by atoms with Gasteiger partial charge in [-0.3, -0.25) is 9.80 Å². The Bertz CT molecular complexity index is 846. The Balaban J connectivity index is 1.20. The number of fused-ring (bicyclic) bond motifs is 1. The van der Waals surface area contributed by atoms with Gasteiger partial charge in [0.25, 0.3) is 0 Å². The minimum absolute atomic E-state index is 0.224. The number of carbonyl (C=O) groups is 1. The second kappa shape index (κ2) is 11.9. The number of unbranched alkanes of at least 4 members (excludes halogenated alkanes) is 4. The quantitative estimate of drug-likeness (QED) is 0.384. The number of piperazine rings is 1. The average Bonchev–Trinajstić information content (AvgIpc) is 3.10. The summed E-state index contributed by atoms with van der Waals surface area (Å²) in [5, 5.41) is 0.803. The van der Waals surface area contributed by atoms with Crippen molar-refractivity contribution in [3.05, 3.63) is 53.2 Å². The maximum atomic E-state index is 13.2. The van der Waals surface area contributed by atoms with Crippen molar-refractivity contribution in [2.24, 2.45) is 0 Å². The topological polar surface area (TPSA) is 30.0 Å². The van der Waals surface area contributed by atoms with Crippen molar-refractivity contribution in [2.45, 2.75) is 57.9 Å². The lowest BCUT2D eigenvalue weighted by atomic mass is 10.0. The predicted octanol–water partition coefficient (Wildman–Crippen LogP) is 5.77. The van der Waals surface area contributed by atoms with E-state index in [0.717, 1.165) is 76.5 Å². The van der Waals surface area contributed by atoms with Crippen LogP contribution in [0.15, 0.2) is 48.2 Å². The van der Waals surface area contributed by atoms with Gasteiger partial charge < -0.3 is 9.80 Å². The first-order chi connectivity index (χ1) is 16.2. The largest absolute Gasteiger partial charge is 0.369 e. The molecule has 0 saturated carbocycles. The third-order valence-electron chi connectivity index (χ3n) is 7.17. The zero-order valence-electron chi connectivity index (χ0n) is 20.1. The van der Waals surface area contributed by atoms with Crippen LogP contribution in [0.5, 0.6) is 0 Å². The number of hydrogen-bond donors (Lipinski definition) is 0. The summed E-state index contributed by atoms with van der Waals surface area (Å²) in [5.41, 5.74) is 2.44. The fourth-order valence-electron chi connectivity index (χ4n) is 5.25. The van der Waals surface area contributed by atoms with Crippen LogP contribution >= 0.6 is 11.6 Å². The van der Waals surface area contributed by atoms with Crippen LogP contribution in [0.25, 0.3) is 0 Å². The van der Waals surface area contributed by atoms with Gasteiger partial charge in [-0.1, -0.05) is 56.0 Å². The van der Waals surface area contributed by atoms with Crippen LogP contribution in [0.4, 0.5) is 10.5 Å². The fraction of sp³-hybridized carbons (Fsp3) is 0.593. The smallest absolute Gasteiger partial charge is 0.324 e. The van der Waals surface area contributed by atoms with E-state index in [1.807, 2.05) is 12.1 Å². The van der Waals surface area contributed by atoms with Crippen LogP contribution in [-0.2, 0) is 0 Å². The van der Waals surface area contributed by atoms with Crippen LogP contribution in [0.1, 0.15) is 51.9 Å². The molecule has 0 bridgehead atoms. The third-order valence-corrected chi connectivity index (χ3v) is 7.41. The molecule has 2 fully saturated rings. The molecule has 5 nitrogen and oxygen atoms in total. The van der Waals surface area contributed by atoms with Gasteiger partial charge in [-0.15, -0.1) is 0 Å². The predicted molar refractivity (Wildman–Crippen MR) is 138 cm³/mol. The molecule has 1 atom stereocenters. The molecular formula is C27H39ClN4O. The van der Waals surface area contributed by atoms with Crippen LogP contribution in [0.2, 0.25) is 5.02 Å². The second-order valence-electron chi connectivity index (χ2n) is 9.48. The SMILES string of the molecule is CCCCCCN1C(=O)N(CCCCN2CCN(c3cccc(Cl)c3)CC2)C2=CC=CCC21. The Morgan fingerprint density at radius 1 is 0.970 bits per heavy atom. The summed E-state index contributed by atoms with van der Waals surface area (Å²) < 4.78 is 0. The summed E-state index contributed by atoms with van der Waals surface area (Å²) in [6, 6.07) is 8.63. The normalized spacial score (nSPS) is 21.0. The molecular weight excluding hydrogens is 432 g/mol. The van der Waals surface area contributed by atoms with Gasteiger partial charge in [-0.2, -0.15) is 0 Å². The van der Waals surface area contributed by atoms with Crippen LogP contribution in [-0.4, -0.2) is 72.6 Å². The van der Waals surface area contributed by atoms with Gasteiger partial charge in [0.15, 0.2) is 0 Å². The summed E-state index contributed by atoms with van der Waals surface area (Å²) in [6.45, 7) is 9.31. The number of halogens is 1. The lowest BCUT2D eigenvalue weighted by molar-refractivity contribution is 0.184. The van der Waals surface area contributed by atoms with Crippen molar-refractivity contribution in [1.82, 2.24) is 14.7 Å². The number of allylic oxidation sites excluding steroid dienone is 2. The average molecular weight is 471 g/mol. The van der Waals surface area contributed by atoms with E-state index < -0.39 is 0 Å². The number of urea groups is 1. The lowest BCUT2D eigenvalue weighted by Crippen LogP contribution is -2.46. The molecule has 180 valence electrons. The van der Waals surface area contributed by atoms with Gasteiger partial charge in [0, 0.05) is 55.7 Å². The number of amides is 2. The monoisotopic (exact) mass is 470 g/mol. The molecule has 2 saturated heterocycles. The highest BCUT2D eigenvalue weighted by Gasteiger charge is 2.40. The summed E-state index contributed by atoms with van der Waals surface area (Å²) in [7, 11) is 0. The minimum Gasteiger partial charge on any atom is -0.369 e. The molecule has 6 heteroatoms. The van der Waals surface area contributed by atoms with Gasteiger partial charge in [-0.05, 0) is 56.5 Å². The molecule has 2 amide bonds. The van der Waals surface area contributed by atoms with Crippen LogP contribution < -0.4 is 4.90 Å². The Hall–Kier alpha value is -1.98. The van der Waals surface area contributed by atoms with E-state index in [1.165, 1.54) is 30.6 Å². The minimum atomic E-state index is 0.224. The second-order valence-corrected chi connectivity index (χ2v) is 9.91. The molecule has 1 aromatic rings. The Morgan fingerprint density at radius 3 is 2.55 bits per heavy atom. The molecule has 1 unspecified atom stereocenters. The van der Waals surface area contributed by atoms with Crippen LogP contribution in [0, 0.1) is 0 Å². The lowest BCUT2D eigenvalue weighted by Gasteiger charge is -2.36. The van der Waals surface area contributed by atoms with Gasteiger partial charge in [0.1, 0.15) is 0 Å². The summed E-state index contributed by atoms with van der Waals surface area (Å²) in [6.07, 6.45) is 14.4. The van der Waals surface area contributed by atoms with E-state index in [4.69, 9.17) is 11.6 Å². The Labute approximate surface area is 204 Å². The number of carbonyl (C=O) groups excluding carboxylic acids is 1. The molecule has 1 aliphatic carbocycles. The van der Waals surface area contributed by atoms with E-state index >= 15 is 0 Å². The molecule has 0 spiro atoms. The van der Waals surface area contributed by atoms with Crippen molar-refractivity contribution < 1.29 is 4.79 Å². The Morgan fingerprint density at radius 2 is 1.76 bits per heavy atom. The zero-order chi connectivity index (χ0) is 23.0. The third kappa shape index (κ3) is 6.13. The first kappa shape index (κ1) is 24.2. The van der Waals surface area contributed by atoms with Crippen molar-refractivity contribution in [3.8, 4) is 0 Å². The number of benzene rings is 1. The summed E-state index contributed by atoms with van der Waals surface area (Å²) in [5.74, 6) is 0. The molecule has 2 aliphatic heterocycles. The molecule has 1 aromatic carbocycles. The van der Waals surface area contributed by atoms with Crippen molar-refractivity contribution >= 4 is 23.3 Å². The van der Waals surface area contributed by atoms with Gasteiger partial charge in [0.2, 0.25) is 0 Å². The molecule has 0 radical (unpaired) electrons. The highest BCUT2D eigenvalue weighted by Crippen LogP contribution is 2.32. The van der Waals surface area contributed by atoms with Crippen molar-refractivity contribution in [1.29, 1.82) is 0 Å². The molecule has 3 aliphatic rings. The van der Waals surface area contributed by atoms with E-state index in [1.54, 1.807) is 0 Å².